The fourth-order valence-electron chi connectivity index (χ4n) is 2.05. The topological polar surface area (TPSA) is 51.2 Å². The Hall–Kier alpha value is -2.87. The van der Waals surface area contributed by atoms with Crippen molar-refractivity contribution in [1.29, 1.82) is 0 Å². The van der Waals surface area contributed by atoms with Gasteiger partial charge in [0.05, 0.1) is 4.88 Å². The van der Waals surface area contributed by atoms with E-state index in [0.29, 0.717) is 5.13 Å². The quantitative estimate of drug-likeness (QED) is 0.712. The summed E-state index contributed by atoms with van der Waals surface area (Å²) in [5.74, 6) is -0.850. The van der Waals surface area contributed by atoms with E-state index in [4.69, 9.17) is 0 Å². The summed E-state index contributed by atoms with van der Waals surface area (Å²) in [4.78, 5) is 17.2. The van der Waals surface area contributed by atoms with E-state index in [1.165, 1.54) is 23.5 Å². The number of amides is 1. The van der Waals surface area contributed by atoms with E-state index in [1.807, 2.05) is 30.3 Å². The first-order chi connectivity index (χ1) is 11.9. The van der Waals surface area contributed by atoms with E-state index in [0.717, 1.165) is 22.6 Å². The zero-order valence-electron chi connectivity index (χ0n) is 12.6. The maximum Gasteiger partial charge on any atom is 0.573 e. The fraction of sp³-hybridized carbons (Fsp3) is 0.0588. The van der Waals surface area contributed by atoms with Gasteiger partial charge < -0.3 is 4.74 Å². The Labute approximate surface area is 144 Å². The normalized spacial score (nSPS) is 11.2. The van der Waals surface area contributed by atoms with Crippen LogP contribution in [-0.2, 0) is 0 Å². The number of nitrogens with zero attached hydrogens (tertiary/aromatic N) is 1. The molecule has 0 aliphatic rings. The number of hydrogen-bond donors (Lipinski definition) is 1. The van der Waals surface area contributed by atoms with Crippen LogP contribution in [0.5, 0.6) is 5.75 Å². The molecule has 1 aromatic heterocycles. The molecule has 0 saturated heterocycles. The highest BCUT2D eigenvalue weighted by atomic mass is 32.1. The van der Waals surface area contributed by atoms with E-state index in [-0.39, 0.29) is 11.3 Å². The van der Waals surface area contributed by atoms with Crippen LogP contribution < -0.4 is 10.1 Å². The summed E-state index contributed by atoms with van der Waals surface area (Å²) in [5.41, 5.74) is 1.18. The molecule has 0 aliphatic carbocycles. The lowest BCUT2D eigenvalue weighted by Gasteiger charge is -2.09. The van der Waals surface area contributed by atoms with Crippen molar-refractivity contribution in [2.45, 2.75) is 6.36 Å². The van der Waals surface area contributed by atoms with Crippen molar-refractivity contribution in [3.63, 3.8) is 0 Å². The average Bonchev–Trinajstić information content (AvgIpc) is 3.03. The summed E-state index contributed by atoms with van der Waals surface area (Å²) in [6.45, 7) is 0. The Bertz CT molecular complexity index is 862. The predicted octanol–water partition coefficient (Wildman–Crippen LogP) is 4.96. The molecule has 0 saturated carbocycles. The molecule has 0 unspecified atom stereocenters. The molecule has 0 fully saturated rings. The van der Waals surface area contributed by atoms with Crippen molar-refractivity contribution in [3.8, 4) is 16.2 Å². The van der Waals surface area contributed by atoms with Crippen molar-refractivity contribution in [2.24, 2.45) is 0 Å². The maximum atomic E-state index is 12.1. The Balaban J connectivity index is 1.67. The molecule has 3 rings (SSSR count). The maximum absolute atomic E-state index is 12.1. The van der Waals surface area contributed by atoms with E-state index < -0.39 is 12.3 Å². The fourth-order valence-corrected chi connectivity index (χ4v) is 2.86. The number of rotatable bonds is 4. The highest BCUT2D eigenvalue weighted by Crippen LogP contribution is 2.29. The lowest BCUT2D eigenvalue weighted by atomic mass is 10.2. The van der Waals surface area contributed by atoms with Crippen molar-refractivity contribution >= 4 is 22.4 Å². The van der Waals surface area contributed by atoms with Gasteiger partial charge in [-0.25, -0.2) is 4.98 Å². The SMILES string of the molecule is O=C(Nc1ncc(-c2ccccc2)s1)c1ccc(OC(F)(F)F)cc1. The molecular formula is C17H11F3N2O2S. The van der Waals surface area contributed by atoms with Gasteiger partial charge in [-0.15, -0.1) is 13.2 Å². The lowest BCUT2D eigenvalue weighted by Crippen LogP contribution is -2.17. The lowest BCUT2D eigenvalue weighted by molar-refractivity contribution is -0.274. The molecule has 0 aliphatic heterocycles. The van der Waals surface area contributed by atoms with E-state index in [1.54, 1.807) is 6.20 Å². The molecule has 25 heavy (non-hydrogen) atoms. The Morgan fingerprint density at radius 2 is 1.72 bits per heavy atom. The van der Waals surface area contributed by atoms with Gasteiger partial charge in [-0.05, 0) is 29.8 Å². The molecule has 0 radical (unpaired) electrons. The second-order valence-corrected chi connectivity index (χ2v) is 5.95. The molecule has 1 amide bonds. The minimum absolute atomic E-state index is 0.200. The number of carbonyl (C=O) groups excluding carboxylic acids is 1. The van der Waals surface area contributed by atoms with Gasteiger partial charge in [0.25, 0.3) is 5.91 Å². The third-order valence-electron chi connectivity index (χ3n) is 3.13. The van der Waals surface area contributed by atoms with Gasteiger partial charge in [0.1, 0.15) is 5.75 Å². The Morgan fingerprint density at radius 3 is 2.36 bits per heavy atom. The third-order valence-corrected chi connectivity index (χ3v) is 4.10. The summed E-state index contributed by atoms with van der Waals surface area (Å²) in [5, 5.41) is 3.02. The number of alkyl halides is 3. The smallest absolute Gasteiger partial charge is 0.406 e. The molecule has 1 N–H and O–H groups in total. The van der Waals surface area contributed by atoms with E-state index in [9.17, 15) is 18.0 Å². The molecule has 8 heteroatoms. The monoisotopic (exact) mass is 364 g/mol. The van der Waals surface area contributed by atoms with Gasteiger partial charge in [-0.3, -0.25) is 10.1 Å². The molecule has 4 nitrogen and oxygen atoms in total. The van der Waals surface area contributed by atoms with Crippen molar-refractivity contribution in [3.05, 3.63) is 66.4 Å². The van der Waals surface area contributed by atoms with Gasteiger partial charge >= 0.3 is 6.36 Å². The van der Waals surface area contributed by atoms with Gasteiger partial charge in [0.15, 0.2) is 5.13 Å². The predicted molar refractivity (Wildman–Crippen MR) is 88.6 cm³/mol. The van der Waals surface area contributed by atoms with Crippen LogP contribution in [0.25, 0.3) is 10.4 Å². The minimum atomic E-state index is -4.77. The van der Waals surface area contributed by atoms with Crippen molar-refractivity contribution in [2.75, 3.05) is 5.32 Å². The third kappa shape index (κ3) is 4.57. The van der Waals surface area contributed by atoms with E-state index >= 15 is 0 Å². The number of nitrogens with one attached hydrogen (secondary N) is 1. The van der Waals surface area contributed by atoms with Gasteiger partial charge in [-0.2, -0.15) is 0 Å². The second-order valence-electron chi connectivity index (χ2n) is 4.92. The van der Waals surface area contributed by atoms with Crippen LogP contribution in [0.2, 0.25) is 0 Å². The molecule has 0 atom stereocenters. The Morgan fingerprint density at radius 1 is 1.04 bits per heavy atom. The van der Waals surface area contributed by atoms with Crippen LogP contribution in [0.4, 0.5) is 18.3 Å². The minimum Gasteiger partial charge on any atom is -0.406 e. The number of carbonyl (C=O) groups is 1. The molecule has 2 aromatic carbocycles. The van der Waals surface area contributed by atoms with Crippen LogP contribution >= 0.6 is 11.3 Å². The molecule has 1 heterocycles. The van der Waals surface area contributed by atoms with Crippen LogP contribution in [0.1, 0.15) is 10.4 Å². The summed E-state index contributed by atoms with van der Waals surface area (Å²) in [6, 6.07) is 14.2. The molecule has 3 aromatic rings. The van der Waals surface area contributed by atoms with Crippen LogP contribution in [-0.4, -0.2) is 17.3 Å². The number of thiazole rings is 1. The second kappa shape index (κ2) is 6.94. The van der Waals surface area contributed by atoms with Crippen molar-refractivity contribution < 1.29 is 22.7 Å². The standard InChI is InChI=1S/C17H11F3N2O2S/c18-17(19,20)24-13-8-6-12(7-9-13)15(23)22-16-21-10-14(25-16)11-4-2-1-3-5-11/h1-10H,(H,21,22,23). The number of halogens is 3. The van der Waals surface area contributed by atoms with Gasteiger partial charge in [0, 0.05) is 11.8 Å². The molecular weight excluding hydrogens is 353 g/mol. The first-order valence-electron chi connectivity index (χ1n) is 7.09. The van der Waals surface area contributed by atoms with E-state index in [2.05, 4.69) is 15.0 Å². The largest absolute Gasteiger partial charge is 0.573 e. The summed E-state index contributed by atoms with van der Waals surface area (Å²) >= 11 is 1.30. The number of hydrogen-bond acceptors (Lipinski definition) is 4. The zero-order valence-corrected chi connectivity index (χ0v) is 13.4. The highest BCUT2D eigenvalue weighted by Gasteiger charge is 2.31. The van der Waals surface area contributed by atoms with Crippen LogP contribution in [0, 0.1) is 0 Å². The number of ether oxygens (including phenoxy) is 1. The summed E-state index contributed by atoms with van der Waals surface area (Å²) in [7, 11) is 0. The number of anilines is 1. The van der Waals surface area contributed by atoms with Gasteiger partial charge in [-0.1, -0.05) is 41.7 Å². The molecule has 0 spiro atoms. The summed E-state index contributed by atoms with van der Waals surface area (Å²) < 4.78 is 40.1. The Kier molecular flexibility index (Phi) is 4.71. The highest BCUT2D eigenvalue weighted by molar-refractivity contribution is 7.19. The first kappa shape index (κ1) is 17.0. The molecule has 0 bridgehead atoms. The summed E-state index contributed by atoms with van der Waals surface area (Å²) in [6.07, 6.45) is -3.12. The zero-order chi connectivity index (χ0) is 17.9. The van der Waals surface area contributed by atoms with Crippen LogP contribution in [0.15, 0.2) is 60.8 Å². The van der Waals surface area contributed by atoms with Crippen molar-refractivity contribution in [1.82, 2.24) is 4.98 Å². The number of aromatic nitrogens is 1. The van der Waals surface area contributed by atoms with Crippen LogP contribution in [0.3, 0.4) is 0 Å². The molecule has 128 valence electrons. The first-order valence-corrected chi connectivity index (χ1v) is 7.91. The average molecular weight is 364 g/mol. The number of benzene rings is 2. The van der Waals surface area contributed by atoms with Gasteiger partial charge in [0.2, 0.25) is 0 Å².